The molecule has 0 unspecified atom stereocenters. The molecule has 0 aliphatic rings. The Kier molecular flexibility index (Phi) is 5.87. The van der Waals surface area contributed by atoms with E-state index in [1.165, 1.54) is 18.1 Å². The molecule has 11 heavy (non-hydrogen) atoms. The first-order chi connectivity index (χ1) is 5.24. The third-order valence-corrected chi connectivity index (χ3v) is 6.97. The zero-order valence-corrected chi connectivity index (χ0v) is 9.31. The van der Waals surface area contributed by atoms with E-state index in [-0.39, 0.29) is 0 Å². The lowest BCUT2D eigenvalue weighted by Gasteiger charge is -2.27. The summed E-state index contributed by atoms with van der Waals surface area (Å²) in [5, 5.41) is 0. The van der Waals surface area contributed by atoms with Gasteiger partial charge in [0.25, 0.3) is 0 Å². The molecule has 0 aromatic rings. The van der Waals surface area contributed by atoms with E-state index in [1.807, 2.05) is 6.61 Å². The summed E-state index contributed by atoms with van der Waals surface area (Å²) in [6.45, 7) is 10.9. The molecule has 2 heteroatoms. The Morgan fingerprint density at radius 1 is 1.00 bits per heavy atom. The average Bonchev–Trinajstić information content (AvgIpc) is 2.08. The standard InChI is InChI=1S/C9H21OSi/c1-5-9-10-11(6-2,7-3)8-4/h9H,5-8H2,1-4H3. The van der Waals surface area contributed by atoms with Crippen LogP contribution >= 0.6 is 0 Å². The molecule has 0 aromatic heterocycles. The molecule has 0 atom stereocenters. The molecule has 0 saturated heterocycles. The maximum atomic E-state index is 5.84. The first-order valence-corrected chi connectivity index (χ1v) is 7.27. The van der Waals surface area contributed by atoms with Gasteiger partial charge in [0.05, 0.1) is 6.61 Å². The highest BCUT2D eigenvalue weighted by Gasteiger charge is 2.27. The average molecular weight is 173 g/mol. The molecule has 0 aliphatic heterocycles. The van der Waals surface area contributed by atoms with Gasteiger partial charge < -0.3 is 4.43 Å². The Morgan fingerprint density at radius 2 is 1.45 bits per heavy atom. The quantitative estimate of drug-likeness (QED) is 0.558. The van der Waals surface area contributed by atoms with Gasteiger partial charge in [0.1, 0.15) is 0 Å². The molecule has 0 fully saturated rings. The van der Waals surface area contributed by atoms with Crippen molar-refractivity contribution < 1.29 is 4.43 Å². The third-order valence-electron chi connectivity index (χ3n) is 2.43. The molecule has 0 bridgehead atoms. The second-order valence-corrected chi connectivity index (χ2v) is 7.66. The Balaban J connectivity index is 3.84. The largest absolute Gasteiger partial charge is 0.411 e. The maximum absolute atomic E-state index is 5.84. The zero-order valence-electron chi connectivity index (χ0n) is 8.31. The van der Waals surface area contributed by atoms with Crippen LogP contribution in [0.25, 0.3) is 0 Å². The minimum atomic E-state index is -1.29. The summed E-state index contributed by atoms with van der Waals surface area (Å²) in [7, 11) is -1.29. The van der Waals surface area contributed by atoms with Crippen LogP contribution in [0.2, 0.25) is 18.1 Å². The number of hydrogen-bond acceptors (Lipinski definition) is 1. The van der Waals surface area contributed by atoms with E-state index in [1.54, 1.807) is 0 Å². The van der Waals surface area contributed by atoms with Crippen molar-refractivity contribution >= 4 is 8.32 Å². The molecule has 0 N–H and O–H groups in total. The second kappa shape index (κ2) is 5.78. The minimum absolute atomic E-state index is 1.04. The van der Waals surface area contributed by atoms with E-state index in [2.05, 4.69) is 27.7 Å². The predicted octanol–water partition coefficient (Wildman–Crippen LogP) is 3.58. The molecule has 0 spiro atoms. The van der Waals surface area contributed by atoms with Crippen LogP contribution in [0.5, 0.6) is 0 Å². The lowest BCUT2D eigenvalue weighted by molar-refractivity contribution is 0.377. The van der Waals surface area contributed by atoms with Crippen molar-refractivity contribution in [1.29, 1.82) is 0 Å². The lowest BCUT2D eigenvalue weighted by atomic mass is 10.5. The third kappa shape index (κ3) is 3.39. The predicted molar refractivity (Wildman–Crippen MR) is 52.9 cm³/mol. The van der Waals surface area contributed by atoms with Gasteiger partial charge in [-0.3, -0.25) is 0 Å². The van der Waals surface area contributed by atoms with Crippen LogP contribution in [0, 0.1) is 6.61 Å². The van der Waals surface area contributed by atoms with Gasteiger partial charge in [-0.25, -0.2) is 0 Å². The second-order valence-electron chi connectivity index (χ2n) is 2.94. The summed E-state index contributed by atoms with van der Waals surface area (Å²) in [6, 6.07) is 3.74. The van der Waals surface area contributed by atoms with Gasteiger partial charge in [0.15, 0.2) is 8.32 Å². The molecule has 0 aliphatic carbocycles. The van der Waals surface area contributed by atoms with Crippen molar-refractivity contribution in [1.82, 2.24) is 0 Å². The Morgan fingerprint density at radius 3 is 1.73 bits per heavy atom. The van der Waals surface area contributed by atoms with E-state index in [0.29, 0.717) is 0 Å². The van der Waals surface area contributed by atoms with Crippen molar-refractivity contribution in [3.05, 3.63) is 6.61 Å². The van der Waals surface area contributed by atoms with Crippen molar-refractivity contribution in [2.45, 2.75) is 52.2 Å². The highest BCUT2D eigenvalue weighted by atomic mass is 28.4. The van der Waals surface area contributed by atoms with Gasteiger partial charge in [0, 0.05) is 0 Å². The Labute approximate surface area is 72.3 Å². The van der Waals surface area contributed by atoms with E-state index >= 15 is 0 Å². The highest BCUT2D eigenvalue weighted by Crippen LogP contribution is 2.22. The number of rotatable bonds is 6. The molecule has 0 amide bonds. The molecule has 0 saturated carbocycles. The summed E-state index contributed by atoms with van der Waals surface area (Å²) in [5.41, 5.74) is 0. The van der Waals surface area contributed by atoms with E-state index < -0.39 is 8.32 Å². The topological polar surface area (TPSA) is 9.23 Å². The van der Waals surface area contributed by atoms with Crippen LogP contribution in [0.4, 0.5) is 0 Å². The molecule has 1 nitrogen and oxygen atoms in total. The van der Waals surface area contributed by atoms with Crippen molar-refractivity contribution in [3.63, 3.8) is 0 Å². The fourth-order valence-electron chi connectivity index (χ4n) is 1.26. The monoisotopic (exact) mass is 173 g/mol. The minimum Gasteiger partial charge on any atom is -0.411 e. The first-order valence-electron chi connectivity index (χ1n) is 4.74. The van der Waals surface area contributed by atoms with E-state index in [4.69, 9.17) is 4.43 Å². The van der Waals surface area contributed by atoms with Crippen molar-refractivity contribution in [2.24, 2.45) is 0 Å². The Hall–Kier alpha value is 0.177. The van der Waals surface area contributed by atoms with Crippen molar-refractivity contribution in [2.75, 3.05) is 0 Å². The van der Waals surface area contributed by atoms with Crippen molar-refractivity contribution in [3.8, 4) is 0 Å². The molecule has 0 rings (SSSR count). The van der Waals surface area contributed by atoms with Gasteiger partial charge >= 0.3 is 0 Å². The highest BCUT2D eigenvalue weighted by molar-refractivity contribution is 6.73. The maximum Gasteiger partial charge on any atom is 0.192 e. The van der Waals surface area contributed by atoms with Crippen LogP contribution < -0.4 is 0 Å². The molecule has 0 aromatic carbocycles. The molecule has 0 heterocycles. The van der Waals surface area contributed by atoms with E-state index in [0.717, 1.165) is 6.42 Å². The van der Waals surface area contributed by atoms with Gasteiger partial charge in [0.2, 0.25) is 0 Å². The first kappa shape index (κ1) is 11.2. The summed E-state index contributed by atoms with van der Waals surface area (Å²) in [6.07, 6.45) is 1.04. The fourth-order valence-corrected chi connectivity index (χ4v) is 3.78. The molecular weight excluding hydrogens is 152 g/mol. The lowest BCUT2D eigenvalue weighted by Crippen LogP contribution is -2.34. The summed E-state index contributed by atoms with van der Waals surface area (Å²) in [5.74, 6) is 0. The zero-order chi connectivity index (χ0) is 8.74. The summed E-state index contributed by atoms with van der Waals surface area (Å²) in [4.78, 5) is 0. The fraction of sp³-hybridized carbons (Fsp3) is 0.889. The van der Waals surface area contributed by atoms with Crippen LogP contribution in [0.1, 0.15) is 34.1 Å². The van der Waals surface area contributed by atoms with E-state index in [9.17, 15) is 0 Å². The van der Waals surface area contributed by atoms with Crippen LogP contribution in [0.3, 0.4) is 0 Å². The summed E-state index contributed by atoms with van der Waals surface area (Å²) >= 11 is 0. The SMILES string of the molecule is CC[CH]O[Si](CC)(CC)CC. The molecule has 67 valence electrons. The van der Waals surface area contributed by atoms with Gasteiger partial charge in [-0.2, -0.15) is 0 Å². The smallest absolute Gasteiger partial charge is 0.192 e. The van der Waals surface area contributed by atoms with Crippen LogP contribution in [-0.4, -0.2) is 8.32 Å². The van der Waals surface area contributed by atoms with Gasteiger partial charge in [-0.15, -0.1) is 0 Å². The Bertz CT molecular complexity index is 81.3. The van der Waals surface area contributed by atoms with Crippen LogP contribution in [-0.2, 0) is 4.43 Å². The normalized spacial score (nSPS) is 12.0. The molecule has 1 radical (unpaired) electrons. The van der Waals surface area contributed by atoms with Gasteiger partial charge in [-0.05, 0) is 24.6 Å². The summed E-state index contributed by atoms with van der Waals surface area (Å²) < 4.78 is 5.84. The number of hydrogen-bond donors (Lipinski definition) is 0. The van der Waals surface area contributed by atoms with Gasteiger partial charge in [-0.1, -0.05) is 27.7 Å². The van der Waals surface area contributed by atoms with Crippen LogP contribution in [0.15, 0.2) is 0 Å². The molecular formula is C9H21OSi.